The molecule has 0 fully saturated rings. The molecule has 1 aromatic rings. The predicted molar refractivity (Wildman–Crippen MR) is 44.4 cm³/mol. The monoisotopic (exact) mass is 151 g/mol. The molecule has 0 N–H and O–H groups in total. The van der Waals surface area contributed by atoms with Gasteiger partial charge < -0.3 is 4.74 Å². The van der Waals surface area contributed by atoms with Crippen LogP contribution in [0.3, 0.4) is 0 Å². The van der Waals surface area contributed by atoms with Crippen molar-refractivity contribution in [2.45, 2.75) is 20.0 Å². The molecule has 1 heterocycles. The zero-order valence-corrected chi connectivity index (χ0v) is 7.16. The van der Waals surface area contributed by atoms with Gasteiger partial charge in [0.1, 0.15) is 0 Å². The number of aromatic nitrogens is 1. The van der Waals surface area contributed by atoms with E-state index in [4.69, 9.17) is 4.74 Å². The summed E-state index contributed by atoms with van der Waals surface area (Å²) in [5.74, 6) is 0. The fourth-order valence-corrected chi connectivity index (χ4v) is 1.05. The van der Waals surface area contributed by atoms with Crippen LogP contribution < -0.4 is 0 Å². The maximum Gasteiger partial charge on any atom is 0.0810 e. The summed E-state index contributed by atoms with van der Waals surface area (Å²) in [4.78, 5) is 4.17. The van der Waals surface area contributed by atoms with E-state index in [2.05, 4.69) is 4.98 Å². The first kappa shape index (κ1) is 8.21. The Bertz CT molecular complexity index is 235. The van der Waals surface area contributed by atoms with E-state index in [1.807, 2.05) is 26.0 Å². The molecule has 1 unspecified atom stereocenters. The van der Waals surface area contributed by atoms with Gasteiger partial charge in [-0.3, -0.25) is 4.98 Å². The number of pyridine rings is 1. The van der Waals surface area contributed by atoms with Crippen molar-refractivity contribution in [1.82, 2.24) is 4.98 Å². The van der Waals surface area contributed by atoms with Gasteiger partial charge >= 0.3 is 0 Å². The summed E-state index contributed by atoms with van der Waals surface area (Å²) in [5.41, 5.74) is 2.21. The highest BCUT2D eigenvalue weighted by atomic mass is 16.5. The molecule has 1 rings (SSSR count). The molecule has 2 heteroatoms. The van der Waals surface area contributed by atoms with Crippen molar-refractivity contribution in [2.75, 3.05) is 7.11 Å². The lowest BCUT2D eigenvalue weighted by Gasteiger charge is -2.10. The van der Waals surface area contributed by atoms with Crippen LogP contribution in [-0.4, -0.2) is 12.1 Å². The first-order valence-electron chi connectivity index (χ1n) is 3.70. The average Bonchev–Trinajstić information content (AvgIpc) is 2.04. The molecule has 1 atom stereocenters. The third kappa shape index (κ3) is 1.77. The van der Waals surface area contributed by atoms with E-state index < -0.39 is 0 Å². The molecule has 0 aliphatic heterocycles. The van der Waals surface area contributed by atoms with Crippen molar-refractivity contribution in [3.8, 4) is 0 Å². The van der Waals surface area contributed by atoms with Crippen molar-refractivity contribution in [2.24, 2.45) is 0 Å². The first-order chi connectivity index (χ1) is 5.25. The molecule has 1 aromatic heterocycles. The molecule has 0 aliphatic carbocycles. The van der Waals surface area contributed by atoms with Crippen molar-refractivity contribution in [3.63, 3.8) is 0 Å². The highest BCUT2D eigenvalue weighted by Crippen LogP contribution is 2.16. The van der Waals surface area contributed by atoms with Crippen LogP contribution >= 0.6 is 0 Å². The van der Waals surface area contributed by atoms with E-state index >= 15 is 0 Å². The predicted octanol–water partition coefficient (Wildman–Crippen LogP) is 2.10. The van der Waals surface area contributed by atoms with Gasteiger partial charge in [-0.05, 0) is 19.9 Å². The number of hydrogen-bond acceptors (Lipinski definition) is 2. The second-order valence-electron chi connectivity index (χ2n) is 2.56. The zero-order valence-electron chi connectivity index (χ0n) is 7.16. The molecule has 60 valence electrons. The van der Waals surface area contributed by atoms with Crippen LogP contribution in [0, 0.1) is 6.92 Å². The molecule has 0 bridgehead atoms. The zero-order chi connectivity index (χ0) is 8.27. The molecule has 0 aliphatic rings. The topological polar surface area (TPSA) is 22.1 Å². The summed E-state index contributed by atoms with van der Waals surface area (Å²) in [6, 6.07) is 3.97. The van der Waals surface area contributed by atoms with Crippen LogP contribution in [0.4, 0.5) is 0 Å². The molecular formula is C9H13NO. The van der Waals surface area contributed by atoms with Crippen LogP contribution in [0.15, 0.2) is 18.3 Å². The molecule has 0 aromatic carbocycles. The maximum absolute atomic E-state index is 5.18. The van der Waals surface area contributed by atoms with E-state index in [0.29, 0.717) is 0 Å². The van der Waals surface area contributed by atoms with Crippen molar-refractivity contribution < 1.29 is 4.74 Å². The quantitative estimate of drug-likeness (QED) is 0.645. The summed E-state index contributed by atoms with van der Waals surface area (Å²) >= 11 is 0. The standard InChI is InChI=1S/C9H13NO/c1-7-9(8(2)11-3)5-4-6-10-7/h4-6,8H,1-3H3. The van der Waals surface area contributed by atoms with Gasteiger partial charge in [0.05, 0.1) is 6.10 Å². The number of rotatable bonds is 2. The molecule has 0 saturated heterocycles. The molecule has 0 spiro atoms. The molecule has 2 nitrogen and oxygen atoms in total. The SMILES string of the molecule is COC(C)c1cccnc1C. The van der Waals surface area contributed by atoms with Gasteiger partial charge in [0.25, 0.3) is 0 Å². The number of aryl methyl sites for hydroxylation is 1. The largest absolute Gasteiger partial charge is 0.377 e. The smallest absolute Gasteiger partial charge is 0.0810 e. The Morgan fingerprint density at radius 1 is 1.55 bits per heavy atom. The van der Waals surface area contributed by atoms with Gasteiger partial charge in [0.2, 0.25) is 0 Å². The number of hydrogen-bond donors (Lipinski definition) is 0. The van der Waals surface area contributed by atoms with Crippen molar-refractivity contribution in [3.05, 3.63) is 29.6 Å². The Balaban J connectivity index is 2.93. The lowest BCUT2D eigenvalue weighted by Crippen LogP contribution is -1.99. The number of methoxy groups -OCH3 is 1. The van der Waals surface area contributed by atoms with E-state index in [1.54, 1.807) is 13.3 Å². The Morgan fingerprint density at radius 3 is 2.82 bits per heavy atom. The Labute approximate surface area is 67.2 Å². The molecule has 0 radical (unpaired) electrons. The van der Waals surface area contributed by atoms with Gasteiger partial charge in [-0.15, -0.1) is 0 Å². The number of ether oxygens (including phenoxy) is 1. The van der Waals surface area contributed by atoms with Gasteiger partial charge in [0.15, 0.2) is 0 Å². The molecular weight excluding hydrogens is 138 g/mol. The van der Waals surface area contributed by atoms with E-state index in [-0.39, 0.29) is 6.10 Å². The maximum atomic E-state index is 5.18. The van der Waals surface area contributed by atoms with Crippen LogP contribution in [0.2, 0.25) is 0 Å². The second-order valence-corrected chi connectivity index (χ2v) is 2.56. The highest BCUT2D eigenvalue weighted by molar-refractivity contribution is 5.20. The summed E-state index contributed by atoms with van der Waals surface area (Å²) in [7, 11) is 1.71. The van der Waals surface area contributed by atoms with Crippen LogP contribution in [0.1, 0.15) is 24.3 Å². The van der Waals surface area contributed by atoms with Crippen LogP contribution in [-0.2, 0) is 4.74 Å². The molecule has 0 amide bonds. The van der Waals surface area contributed by atoms with E-state index in [9.17, 15) is 0 Å². The van der Waals surface area contributed by atoms with E-state index in [1.165, 1.54) is 0 Å². The minimum atomic E-state index is 0.142. The van der Waals surface area contributed by atoms with Crippen LogP contribution in [0.5, 0.6) is 0 Å². The highest BCUT2D eigenvalue weighted by Gasteiger charge is 2.05. The average molecular weight is 151 g/mol. The molecule has 0 saturated carbocycles. The minimum Gasteiger partial charge on any atom is -0.377 e. The van der Waals surface area contributed by atoms with Crippen LogP contribution in [0.25, 0.3) is 0 Å². The lowest BCUT2D eigenvalue weighted by atomic mass is 10.1. The summed E-state index contributed by atoms with van der Waals surface area (Å²) in [6.45, 7) is 4.01. The number of nitrogens with zero attached hydrogens (tertiary/aromatic N) is 1. The van der Waals surface area contributed by atoms with Gasteiger partial charge in [-0.25, -0.2) is 0 Å². The van der Waals surface area contributed by atoms with Crippen molar-refractivity contribution in [1.29, 1.82) is 0 Å². The minimum absolute atomic E-state index is 0.142. The fourth-order valence-electron chi connectivity index (χ4n) is 1.05. The van der Waals surface area contributed by atoms with Gasteiger partial charge in [-0.1, -0.05) is 6.07 Å². The van der Waals surface area contributed by atoms with E-state index in [0.717, 1.165) is 11.3 Å². The third-order valence-corrected chi connectivity index (χ3v) is 1.84. The second kappa shape index (κ2) is 3.49. The fraction of sp³-hybridized carbons (Fsp3) is 0.444. The van der Waals surface area contributed by atoms with Gasteiger partial charge in [-0.2, -0.15) is 0 Å². The summed E-state index contributed by atoms with van der Waals surface area (Å²) in [6.07, 6.45) is 1.94. The first-order valence-corrected chi connectivity index (χ1v) is 3.70. The van der Waals surface area contributed by atoms with Gasteiger partial charge in [0, 0.05) is 24.6 Å². The summed E-state index contributed by atoms with van der Waals surface area (Å²) in [5, 5.41) is 0. The van der Waals surface area contributed by atoms with Crippen molar-refractivity contribution >= 4 is 0 Å². The third-order valence-electron chi connectivity index (χ3n) is 1.84. The Morgan fingerprint density at radius 2 is 2.27 bits per heavy atom. The Kier molecular flexibility index (Phi) is 2.60. The lowest BCUT2D eigenvalue weighted by molar-refractivity contribution is 0.118. The summed E-state index contributed by atoms with van der Waals surface area (Å²) < 4.78 is 5.18. The molecule has 11 heavy (non-hydrogen) atoms. The normalized spacial score (nSPS) is 13.0. The Hall–Kier alpha value is -0.890.